The van der Waals surface area contributed by atoms with Gasteiger partial charge in [0, 0.05) is 13.0 Å². The third-order valence-electron chi connectivity index (χ3n) is 3.66. The van der Waals surface area contributed by atoms with Gasteiger partial charge >= 0.3 is 8.25 Å². The van der Waals surface area contributed by atoms with E-state index in [1.807, 2.05) is 0 Å². The summed E-state index contributed by atoms with van der Waals surface area (Å²) in [6, 6.07) is 0. The molecule has 148 valence electrons. The van der Waals surface area contributed by atoms with E-state index in [1.54, 1.807) is 0 Å². The van der Waals surface area contributed by atoms with Crippen LogP contribution in [0.1, 0.15) is 71.1 Å². The summed E-state index contributed by atoms with van der Waals surface area (Å²) in [5.41, 5.74) is 0. The maximum absolute atomic E-state index is 11.5. The lowest BCUT2D eigenvalue weighted by molar-refractivity contribution is -0.185. The number of hydrogen-bond acceptors (Lipinski definition) is 4. The molecule has 0 aromatic rings. The summed E-state index contributed by atoms with van der Waals surface area (Å²) >= 11 is 0. The van der Waals surface area contributed by atoms with Crippen LogP contribution in [0.3, 0.4) is 0 Å². The van der Waals surface area contributed by atoms with Gasteiger partial charge in [0.15, 0.2) is 0 Å². The predicted octanol–water partition coefficient (Wildman–Crippen LogP) is 4.73. The highest BCUT2D eigenvalue weighted by Crippen LogP contribution is 2.06. The fourth-order valence-electron chi connectivity index (χ4n) is 2.24. The summed E-state index contributed by atoms with van der Waals surface area (Å²) in [7, 11) is -2.83. The highest BCUT2D eigenvalue weighted by molar-refractivity contribution is 7.30. The van der Waals surface area contributed by atoms with Crippen molar-refractivity contribution in [3.05, 3.63) is 36.5 Å². The van der Waals surface area contributed by atoms with E-state index in [2.05, 4.69) is 53.2 Å². The van der Waals surface area contributed by atoms with Gasteiger partial charge in [-0.05, 0) is 49.5 Å². The first-order valence-corrected chi connectivity index (χ1v) is 10.7. The lowest BCUT2D eigenvalue weighted by atomic mass is 10.1. The standard InChI is InChI=1S/C20H34NO4P/c1-2-3-4-5-6-7-8-9-10-11-12-13-14-15-16-17-20(22)21-18-19-25-26(23)24/h6-7,9-10,12-13H,2-5,8,11,14-19H2,1H3,(H,21,22)/b7-6?,10-9?,13-12-. The van der Waals surface area contributed by atoms with Crippen molar-refractivity contribution in [3.8, 4) is 0 Å². The second kappa shape index (κ2) is 20.0. The van der Waals surface area contributed by atoms with Crippen LogP contribution >= 0.6 is 8.25 Å². The van der Waals surface area contributed by atoms with Gasteiger partial charge in [-0.25, -0.2) is 0 Å². The number of rotatable bonds is 17. The minimum absolute atomic E-state index is 0.00462. The topological polar surface area (TPSA) is 78.5 Å². The van der Waals surface area contributed by atoms with Crippen LogP contribution in [0.2, 0.25) is 0 Å². The highest BCUT2D eigenvalue weighted by Gasteiger charge is 2.03. The molecule has 0 rings (SSSR count). The molecule has 0 heterocycles. The Hall–Kier alpha value is -1.29. The molecule has 0 spiro atoms. The molecule has 1 amide bonds. The Morgan fingerprint density at radius 2 is 1.54 bits per heavy atom. The average Bonchev–Trinajstić information content (AvgIpc) is 2.62. The second-order valence-electron chi connectivity index (χ2n) is 6.03. The molecule has 0 aliphatic rings. The van der Waals surface area contributed by atoms with Crippen LogP contribution in [0.15, 0.2) is 36.5 Å². The smallest absolute Gasteiger partial charge is 0.488 e. The lowest BCUT2D eigenvalue weighted by Crippen LogP contribution is -2.26. The minimum Gasteiger partial charge on any atom is -0.566 e. The van der Waals surface area contributed by atoms with Crippen molar-refractivity contribution in [2.45, 2.75) is 71.1 Å². The molecule has 0 radical (unpaired) electrons. The summed E-state index contributed by atoms with van der Waals surface area (Å²) in [5, 5.41) is 2.62. The van der Waals surface area contributed by atoms with Gasteiger partial charge < -0.3 is 10.2 Å². The van der Waals surface area contributed by atoms with Crippen molar-refractivity contribution in [3.63, 3.8) is 0 Å². The molecular formula is C20H34NO4P. The van der Waals surface area contributed by atoms with E-state index in [0.29, 0.717) is 6.42 Å². The minimum atomic E-state index is -2.83. The monoisotopic (exact) mass is 383 g/mol. The summed E-state index contributed by atoms with van der Waals surface area (Å²) in [6.45, 7) is 2.44. The fourth-order valence-corrected chi connectivity index (χ4v) is 2.48. The average molecular weight is 383 g/mol. The van der Waals surface area contributed by atoms with E-state index < -0.39 is 8.25 Å². The summed E-state index contributed by atoms with van der Waals surface area (Å²) < 4.78 is 14.5. The zero-order valence-electron chi connectivity index (χ0n) is 16.0. The number of nitrogens with one attached hydrogen (secondary N) is 1. The quantitative estimate of drug-likeness (QED) is 0.224. The normalized spacial score (nSPS) is 12.5. The number of hydrogen-bond donors (Lipinski definition) is 1. The Morgan fingerprint density at radius 1 is 0.962 bits per heavy atom. The van der Waals surface area contributed by atoms with Crippen molar-refractivity contribution in [1.82, 2.24) is 5.32 Å². The van der Waals surface area contributed by atoms with Gasteiger partial charge in [-0.3, -0.25) is 4.79 Å². The maximum atomic E-state index is 11.5. The molecule has 1 N–H and O–H groups in total. The predicted molar refractivity (Wildman–Crippen MR) is 106 cm³/mol. The lowest BCUT2D eigenvalue weighted by Gasteiger charge is -2.02. The van der Waals surface area contributed by atoms with Gasteiger partial charge in [0.2, 0.25) is 5.91 Å². The van der Waals surface area contributed by atoms with Gasteiger partial charge in [0.1, 0.15) is 6.61 Å². The van der Waals surface area contributed by atoms with E-state index >= 15 is 0 Å². The van der Waals surface area contributed by atoms with E-state index in [-0.39, 0.29) is 19.1 Å². The van der Waals surface area contributed by atoms with Gasteiger partial charge in [-0.2, -0.15) is 0 Å². The van der Waals surface area contributed by atoms with Crippen molar-refractivity contribution >= 4 is 14.2 Å². The van der Waals surface area contributed by atoms with Crippen molar-refractivity contribution in [2.24, 2.45) is 0 Å². The second-order valence-corrected chi connectivity index (χ2v) is 6.74. The summed E-state index contributed by atoms with van der Waals surface area (Å²) in [4.78, 5) is 21.6. The molecule has 1 unspecified atom stereocenters. The van der Waals surface area contributed by atoms with Gasteiger partial charge in [-0.1, -0.05) is 56.2 Å². The first-order chi connectivity index (χ1) is 12.7. The van der Waals surface area contributed by atoms with E-state index in [4.69, 9.17) is 0 Å². The molecule has 0 fully saturated rings. The third-order valence-corrected chi connectivity index (χ3v) is 4.06. The Bertz CT molecular complexity index is 447. The molecule has 0 saturated heterocycles. The molecule has 5 nitrogen and oxygen atoms in total. The molecule has 26 heavy (non-hydrogen) atoms. The van der Waals surface area contributed by atoms with Crippen LogP contribution in [-0.4, -0.2) is 19.1 Å². The fraction of sp³-hybridized carbons (Fsp3) is 0.650. The van der Waals surface area contributed by atoms with E-state index in [1.165, 1.54) is 25.7 Å². The van der Waals surface area contributed by atoms with Crippen LogP contribution in [0.5, 0.6) is 0 Å². The van der Waals surface area contributed by atoms with Crippen LogP contribution < -0.4 is 10.2 Å². The molecular weight excluding hydrogens is 349 g/mol. The van der Waals surface area contributed by atoms with Gasteiger partial charge in [0.05, 0.1) is 0 Å². The zero-order valence-corrected chi connectivity index (χ0v) is 16.9. The Morgan fingerprint density at radius 3 is 2.12 bits per heavy atom. The molecule has 0 aromatic heterocycles. The summed E-state index contributed by atoms with van der Waals surface area (Å²) in [5.74, 6) is -0.0654. The van der Waals surface area contributed by atoms with Crippen LogP contribution in [-0.2, 0) is 13.9 Å². The van der Waals surface area contributed by atoms with E-state index in [9.17, 15) is 14.3 Å². The Balaban J connectivity index is 3.40. The first-order valence-electron chi connectivity index (χ1n) is 9.65. The number of allylic oxidation sites excluding steroid dienone is 6. The molecule has 0 bridgehead atoms. The van der Waals surface area contributed by atoms with Crippen molar-refractivity contribution in [1.29, 1.82) is 0 Å². The number of carbonyl (C=O) groups excluding carboxylic acids is 1. The van der Waals surface area contributed by atoms with Crippen molar-refractivity contribution < 1.29 is 18.8 Å². The van der Waals surface area contributed by atoms with Crippen LogP contribution in [0.4, 0.5) is 0 Å². The highest BCUT2D eigenvalue weighted by atomic mass is 31.1. The maximum Gasteiger partial charge on any atom is 0.488 e. The SMILES string of the molecule is CCCCCC=CCC=CC/C=C\CCCCC(=O)NCCO[P+](=O)[O-]. The van der Waals surface area contributed by atoms with Crippen molar-refractivity contribution in [2.75, 3.05) is 13.2 Å². The molecule has 0 saturated carbocycles. The Kier molecular flexibility index (Phi) is 19.0. The molecule has 6 heteroatoms. The molecule has 0 aliphatic heterocycles. The first kappa shape index (κ1) is 24.7. The largest absolute Gasteiger partial charge is 0.566 e. The summed E-state index contributed by atoms with van der Waals surface area (Å²) in [6.07, 6.45) is 23.4. The van der Waals surface area contributed by atoms with E-state index in [0.717, 1.165) is 32.1 Å². The number of unbranched alkanes of at least 4 members (excludes halogenated alkanes) is 5. The van der Waals surface area contributed by atoms with Gasteiger partial charge in [-0.15, -0.1) is 4.52 Å². The third kappa shape index (κ3) is 20.8. The Labute approximate surface area is 159 Å². The molecule has 0 aromatic carbocycles. The van der Waals surface area contributed by atoms with Crippen LogP contribution in [0, 0.1) is 0 Å². The zero-order chi connectivity index (χ0) is 19.3. The van der Waals surface area contributed by atoms with Crippen LogP contribution in [0.25, 0.3) is 0 Å². The molecule has 0 aliphatic carbocycles. The number of carbonyl (C=O) groups is 1. The number of amides is 1. The molecule has 1 atom stereocenters. The van der Waals surface area contributed by atoms with Gasteiger partial charge in [0.25, 0.3) is 0 Å².